The number of ether oxygens (including phenoxy) is 1. The molecule has 0 spiro atoms. The highest BCUT2D eigenvalue weighted by atomic mass is 16.5. The molecule has 1 amide bonds. The molecule has 7 heteroatoms. The van der Waals surface area contributed by atoms with Gasteiger partial charge in [0, 0.05) is 44.9 Å². The molecule has 4 rings (SSSR count). The summed E-state index contributed by atoms with van der Waals surface area (Å²) in [5.41, 5.74) is 3.80. The van der Waals surface area contributed by atoms with Gasteiger partial charge >= 0.3 is 0 Å². The molecule has 0 saturated carbocycles. The zero-order chi connectivity index (χ0) is 28.3. The lowest BCUT2D eigenvalue weighted by Crippen LogP contribution is -2.42. The number of aliphatic hydroxyl groups excluding tert-OH is 1. The van der Waals surface area contributed by atoms with Crippen LogP contribution in [0.5, 0.6) is 5.75 Å². The Morgan fingerprint density at radius 2 is 1.73 bits per heavy atom. The van der Waals surface area contributed by atoms with E-state index < -0.39 is 0 Å². The summed E-state index contributed by atoms with van der Waals surface area (Å²) in [4.78, 5) is 26.0. The van der Waals surface area contributed by atoms with E-state index in [9.17, 15) is 9.90 Å². The maximum absolute atomic E-state index is 13.1. The predicted molar refractivity (Wildman–Crippen MR) is 164 cm³/mol. The van der Waals surface area contributed by atoms with E-state index in [1.54, 1.807) is 0 Å². The third kappa shape index (κ3) is 8.29. The first-order valence-corrected chi connectivity index (χ1v) is 15.3. The van der Waals surface area contributed by atoms with E-state index in [1.807, 2.05) is 6.20 Å². The number of amides is 1. The van der Waals surface area contributed by atoms with Crippen molar-refractivity contribution >= 4 is 24.2 Å². The molecular weight excluding hydrogens is 500 g/mol. The number of hydrogen-bond acceptors (Lipinski definition) is 4. The number of guanidine groups is 1. The number of likely N-dealkylation sites (tertiary alicyclic amines) is 2. The molecule has 3 aliphatic rings. The molecule has 2 fully saturated rings. The summed E-state index contributed by atoms with van der Waals surface area (Å²) >= 11 is 0. The molecule has 218 valence electrons. The monoisotopic (exact) mass is 548 g/mol. The second kappa shape index (κ2) is 15.2. The molecule has 2 heterocycles. The Morgan fingerprint density at radius 3 is 2.33 bits per heavy atom. The van der Waals surface area contributed by atoms with Gasteiger partial charge < -0.3 is 19.6 Å². The van der Waals surface area contributed by atoms with Gasteiger partial charge in [0.05, 0.1) is 6.61 Å². The van der Waals surface area contributed by atoms with Crippen molar-refractivity contribution in [1.82, 2.24) is 9.80 Å². The number of carbonyl (C=O) groups excluding carboxylic acids is 1. The zero-order valence-electron chi connectivity index (χ0n) is 24.6. The lowest BCUT2D eigenvalue weighted by molar-refractivity contribution is -0.137. The summed E-state index contributed by atoms with van der Waals surface area (Å²) in [6.45, 7) is 12.4. The van der Waals surface area contributed by atoms with Gasteiger partial charge in [-0.2, -0.15) is 0 Å². The second-order valence-corrected chi connectivity index (χ2v) is 11.7. The highest BCUT2D eigenvalue weighted by Gasteiger charge is 2.29. The molecule has 2 saturated heterocycles. The van der Waals surface area contributed by atoms with Crippen LogP contribution in [0.25, 0.3) is 5.57 Å². The van der Waals surface area contributed by atoms with Crippen LogP contribution in [-0.4, -0.2) is 72.9 Å². The second-order valence-electron chi connectivity index (χ2n) is 11.7. The zero-order valence-corrected chi connectivity index (χ0v) is 24.6. The average Bonchev–Trinajstić information content (AvgIpc) is 3.01. The number of benzene rings is 1. The van der Waals surface area contributed by atoms with Crippen LogP contribution in [0, 0.1) is 17.8 Å². The van der Waals surface area contributed by atoms with Crippen LogP contribution in [0.1, 0.15) is 77.2 Å². The Bertz CT molecular complexity index is 1060. The summed E-state index contributed by atoms with van der Waals surface area (Å²) in [5, 5.41) is 9.17. The maximum atomic E-state index is 13.1. The molecule has 1 aromatic rings. The number of carbonyl (C=O) groups is 1. The summed E-state index contributed by atoms with van der Waals surface area (Å²) in [6, 6.07) is 8.46. The van der Waals surface area contributed by atoms with Gasteiger partial charge in [0.2, 0.25) is 11.9 Å². The van der Waals surface area contributed by atoms with E-state index in [1.165, 1.54) is 16.7 Å². The number of aliphatic imine (C=N–C) groups is 2. The largest absolute Gasteiger partial charge is 0.493 e. The van der Waals surface area contributed by atoms with Crippen molar-refractivity contribution in [3.63, 3.8) is 0 Å². The van der Waals surface area contributed by atoms with Crippen molar-refractivity contribution in [2.75, 3.05) is 39.4 Å². The van der Waals surface area contributed by atoms with Crippen molar-refractivity contribution in [2.45, 2.75) is 71.6 Å². The Kier molecular flexibility index (Phi) is 11.4. The lowest BCUT2D eigenvalue weighted by atomic mass is 9.85. The first-order chi connectivity index (χ1) is 19.5. The van der Waals surface area contributed by atoms with Gasteiger partial charge in [0.1, 0.15) is 5.75 Å². The van der Waals surface area contributed by atoms with Crippen LogP contribution in [0.4, 0.5) is 0 Å². The Labute approximate surface area is 240 Å². The molecule has 7 nitrogen and oxygen atoms in total. The van der Waals surface area contributed by atoms with Gasteiger partial charge in [-0.25, -0.2) is 9.98 Å². The number of allylic oxidation sites excluding steroid dienone is 3. The normalized spacial score (nSPS) is 21.8. The number of hydrogen-bond donors (Lipinski definition) is 1. The van der Waals surface area contributed by atoms with Crippen molar-refractivity contribution < 1.29 is 14.6 Å². The van der Waals surface area contributed by atoms with Crippen molar-refractivity contribution in [3.05, 3.63) is 47.7 Å². The van der Waals surface area contributed by atoms with Crippen LogP contribution in [0.3, 0.4) is 0 Å². The van der Waals surface area contributed by atoms with Crippen molar-refractivity contribution in [1.29, 1.82) is 0 Å². The molecule has 40 heavy (non-hydrogen) atoms. The topological polar surface area (TPSA) is 77.7 Å². The minimum Gasteiger partial charge on any atom is -0.493 e. The molecule has 0 aromatic heterocycles. The molecule has 0 radical (unpaired) electrons. The summed E-state index contributed by atoms with van der Waals surface area (Å²) in [5.74, 6) is 3.14. The minimum atomic E-state index is 0.105. The highest BCUT2D eigenvalue weighted by Crippen LogP contribution is 2.33. The number of piperidine rings is 2. The van der Waals surface area contributed by atoms with E-state index in [0.29, 0.717) is 23.7 Å². The third-order valence-corrected chi connectivity index (χ3v) is 8.93. The number of aliphatic hydroxyl groups is 1. The fourth-order valence-electron chi connectivity index (χ4n) is 5.96. The molecule has 1 unspecified atom stereocenters. The van der Waals surface area contributed by atoms with Gasteiger partial charge in [-0.1, -0.05) is 30.7 Å². The van der Waals surface area contributed by atoms with Gasteiger partial charge in [-0.15, -0.1) is 0 Å². The summed E-state index contributed by atoms with van der Waals surface area (Å²) < 4.78 is 6.16. The average molecular weight is 549 g/mol. The van der Waals surface area contributed by atoms with Crippen LogP contribution in [0.2, 0.25) is 0 Å². The molecule has 1 N–H and O–H groups in total. The SMILES string of the molecule is C=NC(=N/C=C(\C)CC)N1CCC(COc2ccc(C3=CCC(C(=O)N4CCC(CCO)CC4)CC3)cc2)CC1. The fourth-order valence-corrected chi connectivity index (χ4v) is 5.96. The summed E-state index contributed by atoms with van der Waals surface area (Å²) in [7, 11) is 0. The van der Waals surface area contributed by atoms with Crippen LogP contribution in [0.15, 0.2) is 52.1 Å². The first-order valence-electron chi connectivity index (χ1n) is 15.3. The van der Waals surface area contributed by atoms with E-state index in [0.717, 1.165) is 96.3 Å². The van der Waals surface area contributed by atoms with Crippen LogP contribution >= 0.6 is 0 Å². The number of rotatable bonds is 9. The Hall–Kier alpha value is -2.93. The highest BCUT2D eigenvalue weighted by molar-refractivity contribution is 5.84. The minimum absolute atomic E-state index is 0.105. The van der Waals surface area contributed by atoms with E-state index >= 15 is 0 Å². The molecule has 1 aromatic carbocycles. The van der Waals surface area contributed by atoms with Gasteiger partial charge in [-0.05, 0) is 107 Å². The third-order valence-electron chi connectivity index (χ3n) is 8.93. The van der Waals surface area contributed by atoms with Crippen molar-refractivity contribution in [3.8, 4) is 5.75 Å². The van der Waals surface area contributed by atoms with Crippen molar-refractivity contribution in [2.24, 2.45) is 27.7 Å². The lowest BCUT2D eigenvalue weighted by Gasteiger charge is -2.35. The van der Waals surface area contributed by atoms with E-state index in [4.69, 9.17) is 4.74 Å². The Balaban J connectivity index is 1.20. The molecule has 1 aliphatic carbocycles. The quantitative estimate of drug-likeness (QED) is 0.305. The van der Waals surface area contributed by atoms with E-state index in [-0.39, 0.29) is 12.5 Å². The van der Waals surface area contributed by atoms with Gasteiger partial charge in [0.25, 0.3) is 0 Å². The first kappa shape index (κ1) is 30.0. The molecule has 1 atom stereocenters. The van der Waals surface area contributed by atoms with Crippen LogP contribution < -0.4 is 4.74 Å². The number of nitrogens with zero attached hydrogens (tertiary/aromatic N) is 4. The van der Waals surface area contributed by atoms with Gasteiger partial charge in [-0.3, -0.25) is 4.79 Å². The predicted octanol–water partition coefficient (Wildman–Crippen LogP) is 5.95. The molecule has 0 bridgehead atoms. The Morgan fingerprint density at radius 1 is 1.05 bits per heavy atom. The molecule has 2 aliphatic heterocycles. The molecular formula is C33H48N4O3. The smallest absolute Gasteiger partial charge is 0.226 e. The standard InChI is InChI=1S/C33H48N4O3/c1-4-25(2)23-35-33(34-3)37-20-15-27(16-21-37)24-40-31-11-9-29(10-12-31)28-5-7-30(8-6-28)32(39)36-18-13-26(14-19-36)17-22-38/h5,9-12,23,26-27,30,38H,3-4,6-8,13-22,24H2,1-2H3/b25-23+,35-33?. The maximum Gasteiger partial charge on any atom is 0.226 e. The summed E-state index contributed by atoms with van der Waals surface area (Å²) in [6.07, 6.45) is 12.8. The van der Waals surface area contributed by atoms with Crippen LogP contribution in [-0.2, 0) is 4.79 Å². The van der Waals surface area contributed by atoms with E-state index in [2.05, 4.69) is 70.7 Å². The fraction of sp³-hybridized carbons (Fsp3) is 0.606. The van der Waals surface area contributed by atoms with Gasteiger partial charge in [0.15, 0.2) is 0 Å².